The number of hydrogen-bond acceptors (Lipinski definition) is 2. The van der Waals surface area contributed by atoms with Crippen molar-refractivity contribution in [1.29, 1.82) is 5.41 Å². The molecule has 2 N–H and O–H groups in total. The summed E-state index contributed by atoms with van der Waals surface area (Å²) in [5.41, 5.74) is 6.15. The Morgan fingerprint density at radius 3 is 1.76 bits per heavy atom. The first-order chi connectivity index (χ1) is 17.5. The lowest BCUT2D eigenvalue weighted by Gasteiger charge is -2.27. The van der Waals surface area contributed by atoms with Crippen molar-refractivity contribution in [3.05, 3.63) is 95.1 Å². The first-order valence-electron chi connectivity index (χ1n) is 13.5. The van der Waals surface area contributed by atoms with E-state index in [0.29, 0.717) is 19.0 Å². The van der Waals surface area contributed by atoms with Crippen molar-refractivity contribution in [1.82, 2.24) is 5.32 Å². The molecule has 0 spiro atoms. The van der Waals surface area contributed by atoms with Crippen molar-refractivity contribution in [2.24, 2.45) is 0 Å². The molecule has 0 aromatic heterocycles. The molecule has 3 rings (SSSR count). The number of benzene rings is 3. The lowest BCUT2D eigenvalue weighted by molar-refractivity contribution is 0.309. The van der Waals surface area contributed by atoms with Gasteiger partial charge in [0.2, 0.25) is 0 Å². The summed E-state index contributed by atoms with van der Waals surface area (Å²) >= 11 is 0. The molecule has 3 aromatic rings. The molecule has 0 saturated carbocycles. The number of nitrogens with zero attached hydrogens (tertiary/aromatic N) is 1. The molecule has 0 heterocycles. The van der Waals surface area contributed by atoms with Gasteiger partial charge in [-0.05, 0) is 63.8 Å². The zero-order valence-electron chi connectivity index (χ0n) is 23.8. The molecule has 0 bridgehead atoms. The van der Waals surface area contributed by atoms with Crippen molar-refractivity contribution < 1.29 is 4.74 Å². The molecular weight excluding hydrogens is 454 g/mol. The summed E-state index contributed by atoms with van der Waals surface area (Å²) in [7, 11) is 0. The number of rotatable bonds is 9. The van der Waals surface area contributed by atoms with Crippen LogP contribution >= 0.6 is 0 Å². The van der Waals surface area contributed by atoms with Gasteiger partial charge in [-0.15, -0.1) is 0 Å². The molecular formula is C33H45N3O. The Kier molecular flexibility index (Phi) is 9.42. The van der Waals surface area contributed by atoms with E-state index in [1.807, 2.05) is 29.2 Å². The molecule has 4 nitrogen and oxygen atoms in total. The number of hydrogen-bond donors (Lipinski definition) is 2. The topological polar surface area (TPSA) is 48.4 Å². The Morgan fingerprint density at radius 1 is 0.757 bits per heavy atom. The maximum atomic E-state index is 8.94. The van der Waals surface area contributed by atoms with Crippen LogP contribution in [0, 0.1) is 5.41 Å². The van der Waals surface area contributed by atoms with E-state index < -0.39 is 0 Å². The minimum absolute atomic E-state index is 0.114. The summed E-state index contributed by atoms with van der Waals surface area (Å²) in [6.45, 7) is 17.5. The van der Waals surface area contributed by atoms with E-state index in [9.17, 15) is 0 Å². The van der Waals surface area contributed by atoms with Crippen LogP contribution in [0.3, 0.4) is 0 Å². The molecule has 198 valence electrons. The van der Waals surface area contributed by atoms with Crippen molar-refractivity contribution >= 4 is 11.6 Å². The summed E-state index contributed by atoms with van der Waals surface area (Å²) in [5, 5.41) is 12.3. The largest absolute Gasteiger partial charge is 0.494 e. The molecule has 3 aromatic carbocycles. The van der Waals surface area contributed by atoms with Gasteiger partial charge in [0, 0.05) is 12.2 Å². The summed E-state index contributed by atoms with van der Waals surface area (Å²) in [6, 6.07) is 25.5. The number of unbranched alkanes of at least 4 members (excludes halogenated alkanes) is 1. The highest BCUT2D eigenvalue weighted by Gasteiger charge is 2.17. The van der Waals surface area contributed by atoms with Gasteiger partial charge in [-0.25, -0.2) is 0 Å². The molecule has 0 amide bonds. The van der Waals surface area contributed by atoms with Crippen LogP contribution in [0.5, 0.6) is 5.75 Å². The van der Waals surface area contributed by atoms with Crippen LogP contribution in [0.4, 0.5) is 5.69 Å². The Labute approximate surface area is 224 Å². The Hall–Kier alpha value is -3.27. The normalized spacial score (nSPS) is 11.8. The van der Waals surface area contributed by atoms with Gasteiger partial charge in [0.1, 0.15) is 5.75 Å². The fourth-order valence-corrected chi connectivity index (χ4v) is 4.05. The predicted octanol–water partition coefficient (Wildman–Crippen LogP) is 8.19. The second-order valence-corrected chi connectivity index (χ2v) is 11.9. The maximum absolute atomic E-state index is 8.94. The van der Waals surface area contributed by atoms with Crippen LogP contribution in [0.2, 0.25) is 0 Å². The lowest BCUT2D eigenvalue weighted by Crippen LogP contribution is -2.40. The van der Waals surface area contributed by atoms with Crippen molar-refractivity contribution in [2.75, 3.05) is 11.5 Å². The number of nitrogens with one attached hydrogen (secondary N) is 2. The molecule has 0 aliphatic carbocycles. The van der Waals surface area contributed by atoms with Crippen molar-refractivity contribution in [3.63, 3.8) is 0 Å². The van der Waals surface area contributed by atoms with Crippen LogP contribution in [0.15, 0.2) is 72.8 Å². The molecule has 37 heavy (non-hydrogen) atoms. The molecule has 0 saturated heterocycles. The van der Waals surface area contributed by atoms with Crippen LogP contribution in [-0.4, -0.2) is 12.6 Å². The molecule has 0 aliphatic heterocycles. The third-order valence-electron chi connectivity index (χ3n) is 6.63. The highest BCUT2D eigenvalue weighted by Crippen LogP contribution is 2.25. The standard InChI is InChI=1S/C33H45N3O/c1-8-9-22-37-30-20-18-29(19-21-30)36(24-26-12-16-28(17-13-26)33(5,6)7)31(34)35-23-25-10-14-27(15-11-25)32(2,3)4/h10-21H,8-9,22-24H2,1-7H3,(H2,34,35). The van der Waals surface area contributed by atoms with Gasteiger partial charge < -0.3 is 15.0 Å². The van der Waals surface area contributed by atoms with Gasteiger partial charge in [-0.3, -0.25) is 5.41 Å². The smallest absolute Gasteiger partial charge is 0.196 e. The zero-order chi connectivity index (χ0) is 27.1. The monoisotopic (exact) mass is 499 g/mol. The fraction of sp³-hybridized carbons (Fsp3) is 0.424. The van der Waals surface area contributed by atoms with Gasteiger partial charge in [0.15, 0.2) is 5.96 Å². The summed E-state index contributed by atoms with van der Waals surface area (Å²) in [4.78, 5) is 2.02. The van der Waals surface area contributed by atoms with Crippen molar-refractivity contribution in [3.8, 4) is 5.75 Å². The molecule has 0 atom stereocenters. The summed E-state index contributed by atoms with van der Waals surface area (Å²) < 4.78 is 5.86. The van der Waals surface area contributed by atoms with Gasteiger partial charge in [0.25, 0.3) is 0 Å². The molecule has 0 unspecified atom stereocenters. The zero-order valence-corrected chi connectivity index (χ0v) is 23.8. The second-order valence-electron chi connectivity index (χ2n) is 11.9. The third kappa shape index (κ3) is 8.38. The average Bonchev–Trinajstić information content (AvgIpc) is 2.86. The number of ether oxygens (including phenoxy) is 1. The van der Waals surface area contributed by atoms with Crippen LogP contribution in [0.1, 0.15) is 83.6 Å². The predicted molar refractivity (Wildman–Crippen MR) is 158 cm³/mol. The highest BCUT2D eigenvalue weighted by molar-refractivity contribution is 5.93. The SMILES string of the molecule is CCCCOc1ccc(N(Cc2ccc(C(C)(C)C)cc2)C(=N)NCc2ccc(C(C)(C)C)cc2)cc1. The van der Waals surface area contributed by atoms with E-state index in [-0.39, 0.29) is 10.8 Å². The number of guanidine groups is 1. The Bertz CT molecular complexity index is 1120. The maximum Gasteiger partial charge on any atom is 0.196 e. The molecule has 0 fully saturated rings. The molecule has 0 radical (unpaired) electrons. The minimum atomic E-state index is 0.114. The van der Waals surface area contributed by atoms with E-state index >= 15 is 0 Å². The van der Waals surface area contributed by atoms with Gasteiger partial charge in [-0.2, -0.15) is 0 Å². The Morgan fingerprint density at radius 2 is 1.27 bits per heavy atom. The highest BCUT2D eigenvalue weighted by atomic mass is 16.5. The first kappa shape index (κ1) is 28.3. The lowest BCUT2D eigenvalue weighted by atomic mass is 9.87. The summed E-state index contributed by atoms with van der Waals surface area (Å²) in [5.74, 6) is 1.24. The van der Waals surface area contributed by atoms with Crippen LogP contribution < -0.4 is 15.0 Å². The van der Waals surface area contributed by atoms with E-state index in [2.05, 4.69) is 102 Å². The number of anilines is 1. The van der Waals surface area contributed by atoms with Crippen LogP contribution in [-0.2, 0) is 23.9 Å². The fourth-order valence-electron chi connectivity index (χ4n) is 4.05. The Balaban J connectivity index is 1.77. The summed E-state index contributed by atoms with van der Waals surface area (Å²) in [6.07, 6.45) is 2.16. The van der Waals surface area contributed by atoms with Crippen LogP contribution in [0.25, 0.3) is 0 Å². The molecule has 0 aliphatic rings. The van der Waals surface area contributed by atoms with Gasteiger partial charge in [0.05, 0.1) is 13.2 Å². The van der Waals surface area contributed by atoms with Crippen molar-refractivity contribution in [2.45, 2.75) is 85.2 Å². The van der Waals surface area contributed by atoms with E-state index in [1.165, 1.54) is 11.1 Å². The third-order valence-corrected chi connectivity index (χ3v) is 6.63. The van der Waals surface area contributed by atoms with Gasteiger partial charge >= 0.3 is 0 Å². The second kappa shape index (κ2) is 12.3. The van der Waals surface area contributed by atoms with E-state index in [1.54, 1.807) is 0 Å². The first-order valence-corrected chi connectivity index (χ1v) is 13.5. The van der Waals surface area contributed by atoms with E-state index in [4.69, 9.17) is 10.1 Å². The average molecular weight is 500 g/mol. The quantitative estimate of drug-likeness (QED) is 0.177. The van der Waals surface area contributed by atoms with Gasteiger partial charge in [-0.1, -0.05) is 103 Å². The molecule has 4 heteroatoms. The minimum Gasteiger partial charge on any atom is -0.494 e. The van der Waals surface area contributed by atoms with E-state index in [0.717, 1.165) is 42.0 Å².